The van der Waals surface area contributed by atoms with E-state index in [0.717, 1.165) is 19.0 Å². The van der Waals surface area contributed by atoms with Gasteiger partial charge in [-0.15, -0.1) is 0 Å². The molecule has 0 amide bonds. The molecule has 0 bridgehead atoms. The van der Waals surface area contributed by atoms with Crippen LogP contribution in [0.25, 0.3) is 0 Å². The maximum Gasteiger partial charge on any atom is 0.0139 e. The van der Waals surface area contributed by atoms with E-state index in [9.17, 15) is 0 Å². The van der Waals surface area contributed by atoms with Gasteiger partial charge in [0.05, 0.1) is 0 Å². The predicted molar refractivity (Wildman–Crippen MR) is 55.2 cm³/mol. The van der Waals surface area contributed by atoms with Gasteiger partial charge in [-0.1, -0.05) is 27.2 Å². The number of nitrogens with zero attached hydrogens (tertiary/aromatic N) is 1. The molecular weight excluding hydrogens is 148 g/mol. The normalized spacial score (nSPS) is 16.5. The highest BCUT2D eigenvalue weighted by molar-refractivity contribution is 4.65. The number of hydrogen-bond acceptors (Lipinski definition) is 2. The first kappa shape index (κ1) is 11.9. The van der Waals surface area contributed by atoms with Crippen LogP contribution in [-0.2, 0) is 0 Å². The Bertz CT molecular complexity index is 102. The van der Waals surface area contributed by atoms with Crippen molar-refractivity contribution in [3.05, 3.63) is 0 Å². The average Bonchev–Trinajstić information content (AvgIpc) is 2.02. The smallest absolute Gasteiger partial charge is 0.0139 e. The fraction of sp³-hybridized carbons (Fsp3) is 1.00. The molecule has 0 aromatic heterocycles. The number of hydrogen-bond donors (Lipinski definition) is 1. The van der Waals surface area contributed by atoms with Gasteiger partial charge in [0.2, 0.25) is 0 Å². The first-order chi connectivity index (χ1) is 5.60. The third kappa shape index (κ3) is 5.56. The summed E-state index contributed by atoms with van der Waals surface area (Å²) in [6.45, 7) is 12.1. The Morgan fingerprint density at radius 3 is 2.08 bits per heavy atom. The summed E-state index contributed by atoms with van der Waals surface area (Å²) in [6, 6.07) is 0.300. The number of rotatable bonds is 6. The van der Waals surface area contributed by atoms with Gasteiger partial charge in [0.1, 0.15) is 0 Å². The molecule has 12 heavy (non-hydrogen) atoms. The maximum absolute atomic E-state index is 5.74. The van der Waals surface area contributed by atoms with Crippen LogP contribution < -0.4 is 5.73 Å². The van der Waals surface area contributed by atoms with E-state index in [-0.39, 0.29) is 0 Å². The van der Waals surface area contributed by atoms with Gasteiger partial charge in [0, 0.05) is 19.1 Å². The summed E-state index contributed by atoms with van der Waals surface area (Å²) in [7, 11) is 0. The third-order valence-corrected chi connectivity index (χ3v) is 2.26. The molecule has 74 valence electrons. The zero-order chi connectivity index (χ0) is 9.56. The molecule has 0 radical (unpaired) electrons. The lowest BCUT2D eigenvalue weighted by molar-refractivity contribution is 0.236. The van der Waals surface area contributed by atoms with E-state index < -0.39 is 0 Å². The van der Waals surface area contributed by atoms with Crippen LogP contribution in [0, 0.1) is 5.92 Å². The molecule has 0 fully saturated rings. The number of likely N-dealkylation sites (N-methyl/N-ethyl adjacent to an activating group) is 1. The average molecular weight is 172 g/mol. The predicted octanol–water partition coefficient (Wildman–Crippen LogP) is 1.70. The van der Waals surface area contributed by atoms with E-state index in [0.29, 0.717) is 6.04 Å². The van der Waals surface area contributed by atoms with E-state index in [4.69, 9.17) is 5.73 Å². The van der Waals surface area contributed by atoms with Crippen LogP contribution in [0.5, 0.6) is 0 Å². The van der Waals surface area contributed by atoms with Gasteiger partial charge < -0.3 is 10.6 Å². The molecule has 0 aliphatic heterocycles. The molecule has 0 heterocycles. The molecule has 0 aromatic rings. The highest BCUT2D eigenvalue weighted by atomic mass is 15.1. The molecular formula is C10H24N2. The maximum atomic E-state index is 5.74. The second-order valence-corrected chi connectivity index (χ2v) is 3.84. The van der Waals surface area contributed by atoms with Crippen LogP contribution in [0.4, 0.5) is 0 Å². The summed E-state index contributed by atoms with van der Waals surface area (Å²) in [6.07, 6.45) is 1.26. The Morgan fingerprint density at radius 1 is 1.17 bits per heavy atom. The van der Waals surface area contributed by atoms with Crippen molar-refractivity contribution < 1.29 is 0 Å². The van der Waals surface area contributed by atoms with Crippen molar-refractivity contribution in [2.24, 2.45) is 11.7 Å². The molecule has 0 aromatic carbocycles. The Hall–Kier alpha value is -0.0800. The summed E-state index contributed by atoms with van der Waals surface area (Å²) < 4.78 is 0. The van der Waals surface area contributed by atoms with E-state index in [2.05, 4.69) is 32.6 Å². The van der Waals surface area contributed by atoms with Crippen molar-refractivity contribution in [1.29, 1.82) is 0 Å². The van der Waals surface area contributed by atoms with Gasteiger partial charge in [-0.05, 0) is 19.4 Å². The Balaban J connectivity index is 3.66. The lowest BCUT2D eigenvalue weighted by Gasteiger charge is -2.25. The SMILES string of the molecule is CCC(C)CN(CC)CC(C)N. The Morgan fingerprint density at radius 2 is 1.75 bits per heavy atom. The summed E-state index contributed by atoms with van der Waals surface area (Å²) in [5, 5.41) is 0. The lowest BCUT2D eigenvalue weighted by atomic mass is 10.1. The summed E-state index contributed by atoms with van der Waals surface area (Å²) in [5.74, 6) is 0.795. The second kappa shape index (κ2) is 6.44. The van der Waals surface area contributed by atoms with Gasteiger partial charge in [-0.3, -0.25) is 0 Å². The Labute approximate surface area is 77.1 Å². The van der Waals surface area contributed by atoms with E-state index in [1.807, 2.05) is 0 Å². The first-order valence-electron chi connectivity index (χ1n) is 5.08. The van der Waals surface area contributed by atoms with Crippen LogP contribution in [0.1, 0.15) is 34.1 Å². The minimum absolute atomic E-state index is 0.300. The van der Waals surface area contributed by atoms with E-state index >= 15 is 0 Å². The third-order valence-electron chi connectivity index (χ3n) is 2.26. The minimum atomic E-state index is 0.300. The second-order valence-electron chi connectivity index (χ2n) is 3.84. The van der Waals surface area contributed by atoms with Crippen molar-refractivity contribution >= 4 is 0 Å². The fourth-order valence-electron chi connectivity index (χ4n) is 1.31. The van der Waals surface area contributed by atoms with Crippen LogP contribution >= 0.6 is 0 Å². The monoisotopic (exact) mass is 172 g/mol. The lowest BCUT2D eigenvalue weighted by Crippen LogP contribution is -2.37. The Kier molecular flexibility index (Phi) is 6.39. The highest BCUT2D eigenvalue weighted by Crippen LogP contribution is 2.03. The van der Waals surface area contributed by atoms with Crippen LogP contribution in [-0.4, -0.2) is 30.6 Å². The van der Waals surface area contributed by atoms with Crippen molar-refractivity contribution in [2.75, 3.05) is 19.6 Å². The molecule has 0 saturated heterocycles. The molecule has 2 heteroatoms. The topological polar surface area (TPSA) is 29.3 Å². The molecule has 0 saturated carbocycles. The van der Waals surface area contributed by atoms with Gasteiger partial charge in [0.15, 0.2) is 0 Å². The highest BCUT2D eigenvalue weighted by Gasteiger charge is 2.08. The molecule has 0 aliphatic carbocycles. The standard InChI is InChI=1S/C10H24N2/c1-5-9(3)7-12(6-2)8-10(4)11/h9-10H,5-8,11H2,1-4H3. The summed E-state index contributed by atoms with van der Waals surface area (Å²) in [4.78, 5) is 2.43. The van der Waals surface area contributed by atoms with Crippen molar-refractivity contribution in [1.82, 2.24) is 4.90 Å². The van der Waals surface area contributed by atoms with Gasteiger partial charge in [-0.25, -0.2) is 0 Å². The first-order valence-corrected chi connectivity index (χ1v) is 5.08. The van der Waals surface area contributed by atoms with E-state index in [1.54, 1.807) is 0 Å². The van der Waals surface area contributed by atoms with Crippen molar-refractivity contribution in [2.45, 2.75) is 40.2 Å². The fourth-order valence-corrected chi connectivity index (χ4v) is 1.31. The largest absolute Gasteiger partial charge is 0.327 e. The minimum Gasteiger partial charge on any atom is -0.327 e. The van der Waals surface area contributed by atoms with Crippen LogP contribution in [0.2, 0.25) is 0 Å². The van der Waals surface area contributed by atoms with Gasteiger partial charge >= 0.3 is 0 Å². The van der Waals surface area contributed by atoms with Crippen molar-refractivity contribution in [3.63, 3.8) is 0 Å². The molecule has 2 N–H and O–H groups in total. The van der Waals surface area contributed by atoms with Gasteiger partial charge in [-0.2, -0.15) is 0 Å². The van der Waals surface area contributed by atoms with Crippen LogP contribution in [0.15, 0.2) is 0 Å². The summed E-state index contributed by atoms with van der Waals surface area (Å²) in [5.41, 5.74) is 5.74. The molecule has 2 unspecified atom stereocenters. The van der Waals surface area contributed by atoms with Gasteiger partial charge in [0.25, 0.3) is 0 Å². The molecule has 0 aliphatic rings. The summed E-state index contributed by atoms with van der Waals surface area (Å²) >= 11 is 0. The molecule has 0 rings (SSSR count). The molecule has 2 atom stereocenters. The van der Waals surface area contributed by atoms with Crippen molar-refractivity contribution in [3.8, 4) is 0 Å². The van der Waals surface area contributed by atoms with E-state index in [1.165, 1.54) is 13.0 Å². The zero-order valence-electron chi connectivity index (χ0n) is 9.01. The molecule has 2 nitrogen and oxygen atoms in total. The van der Waals surface area contributed by atoms with Crippen LogP contribution in [0.3, 0.4) is 0 Å². The number of nitrogens with two attached hydrogens (primary N) is 1. The quantitative estimate of drug-likeness (QED) is 0.661. The zero-order valence-corrected chi connectivity index (χ0v) is 9.01. The molecule has 0 spiro atoms.